The van der Waals surface area contributed by atoms with Crippen molar-refractivity contribution >= 4 is 24.3 Å². The Morgan fingerprint density at radius 1 is 1.33 bits per heavy atom. The molecule has 0 aromatic heterocycles. The van der Waals surface area contributed by atoms with E-state index in [0.29, 0.717) is 12.8 Å². The van der Waals surface area contributed by atoms with Gasteiger partial charge in [0.25, 0.3) is 0 Å². The predicted molar refractivity (Wildman–Crippen MR) is 42.0 cm³/mol. The van der Waals surface area contributed by atoms with Crippen molar-refractivity contribution in [2.75, 3.05) is 0 Å². The number of carboxylic acids is 1. The molecule has 3 N–H and O–H groups in total. The van der Waals surface area contributed by atoms with Gasteiger partial charge in [-0.25, -0.2) is 4.79 Å². The fourth-order valence-corrected chi connectivity index (χ4v) is 1.03. The van der Waals surface area contributed by atoms with E-state index in [2.05, 4.69) is 0 Å². The third kappa shape index (κ3) is 2.35. The number of carbonyl (C=O) groups excluding carboxylic acids is 1. The lowest BCUT2D eigenvalue weighted by Gasteiger charge is -2.05. The molecular weight excluding hydrogens is 186 g/mol. The fourth-order valence-electron chi connectivity index (χ4n) is 1.03. The molecule has 0 unspecified atom stereocenters. The molecule has 12 heavy (non-hydrogen) atoms. The molecule has 0 radical (unpaired) electrons. The van der Waals surface area contributed by atoms with Crippen molar-refractivity contribution in [2.24, 2.45) is 5.73 Å². The minimum absolute atomic E-state index is 0. The van der Waals surface area contributed by atoms with E-state index in [1.165, 1.54) is 0 Å². The largest absolute Gasteiger partial charge is 0.479 e. The molecule has 70 valence electrons. The van der Waals surface area contributed by atoms with Gasteiger partial charge in [-0.1, -0.05) is 0 Å². The van der Waals surface area contributed by atoms with Gasteiger partial charge >= 0.3 is 5.97 Å². The lowest BCUT2D eigenvalue weighted by Crippen LogP contribution is -2.30. The predicted octanol–water partition coefficient (Wildman–Crippen LogP) is -0.474. The minimum Gasteiger partial charge on any atom is -0.479 e. The van der Waals surface area contributed by atoms with Crippen molar-refractivity contribution in [3.8, 4) is 0 Å². The maximum absolute atomic E-state index is 10.5. The average molecular weight is 196 g/mol. The van der Waals surface area contributed by atoms with Gasteiger partial charge in [0.15, 0.2) is 6.10 Å². The smallest absolute Gasteiger partial charge is 0.332 e. The first kappa shape index (κ1) is 11.2. The van der Waals surface area contributed by atoms with Crippen molar-refractivity contribution < 1.29 is 19.4 Å². The van der Waals surface area contributed by atoms with Gasteiger partial charge in [-0.2, -0.15) is 0 Å². The van der Waals surface area contributed by atoms with Crippen LogP contribution in [0.4, 0.5) is 0 Å². The van der Waals surface area contributed by atoms with Crippen LogP contribution in [-0.2, 0) is 14.3 Å². The highest BCUT2D eigenvalue weighted by molar-refractivity contribution is 5.85. The van der Waals surface area contributed by atoms with E-state index in [1.807, 2.05) is 0 Å². The van der Waals surface area contributed by atoms with E-state index in [-0.39, 0.29) is 12.4 Å². The highest BCUT2D eigenvalue weighted by Gasteiger charge is 2.33. The molecule has 1 amide bonds. The van der Waals surface area contributed by atoms with Crippen molar-refractivity contribution in [1.29, 1.82) is 0 Å². The maximum Gasteiger partial charge on any atom is 0.332 e. The lowest BCUT2D eigenvalue weighted by atomic mass is 10.2. The van der Waals surface area contributed by atoms with E-state index >= 15 is 0 Å². The van der Waals surface area contributed by atoms with Gasteiger partial charge in [0.1, 0.15) is 6.10 Å². The molecular formula is C6H10ClNO4. The number of rotatable bonds is 2. The summed E-state index contributed by atoms with van der Waals surface area (Å²) < 4.78 is 4.81. The Morgan fingerprint density at radius 2 is 1.83 bits per heavy atom. The van der Waals surface area contributed by atoms with Gasteiger partial charge in [-0.05, 0) is 12.8 Å². The van der Waals surface area contributed by atoms with Gasteiger partial charge in [-0.15, -0.1) is 12.4 Å². The van der Waals surface area contributed by atoms with Gasteiger partial charge in [0.05, 0.1) is 0 Å². The summed E-state index contributed by atoms with van der Waals surface area (Å²) in [5.41, 5.74) is 4.90. The van der Waals surface area contributed by atoms with Crippen LogP contribution in [0.5, 0.6) is 0 Å². The minimum atomic E-state index is -1.03. The second kappa shape index (κ2) is 4.27. The monoisotopic (exact) mass is 195 g/mol. The quantitative estimate of drug-likeness (QED) is 0.623. The molecule has 1 saturated heterocycles. The molecule has 2 atom stereocenters. The Morgan fingerprint density at radius 3 is 2.08 bits per heavy atom. The summed E-state index contributed by atoms with van der Waals surface area (Å²) in [6.45, 7) is 0. The number of carboxylic acid groups (broad SMARTS) is 1. The van der Waals surface area contributed by atoms with Crippen LogP contribution in [0.2, 0.25) is 0 Å². The molecule has 1 heterocycles. The summed E-state index contributed by atoms with van der Waals surface area (Å²) in [6, 6.07) is 0. The Hall–Kier alpha value is -0.810. The van der Waals surface area contributed by atoms with Crippen molar-refractivity contribution in [2.45, 2.75) is 25.0 Å². The second-order valence-electron chi connectivity index (χ2n) is 2.43. The molecule has 1 aliphatic heterocycles. The number of hydrogen-bond donors (Lipinski definition) is 2. The Bertz CT molecular complexity index is 176. The molecule has 5 nitrogen and oxygen atoms in total. The van der Waals surface area contributed by atoms with Gasteiger partial charge in [-0.3, -0.25) is 4.79 Å². The molecule has 0 aromatic carbocycles. The summed E-state index contributed by atoms with van der Waals surface area (Å²) in [5, 5.41) is 8.44. The van der Waals surface area contributed by atoms with E-state index in [0.717, 1.165) is 0 Å². The molecule has 1 fully saturated rings. The van der Waals surface area contributed by atoms with Crippen LogP contribution in [0.25, 0.3) is 0 Å². The zero-order valence-corrected chi connectivity index (χ0v) is 7.04. The SMILES string of the molecule is Cl.NC(=O)[C@H]1CC[C@@H](C(=O)O)O1. The normalized spacial score (nSPS) is 27.7. The van der Waals surface area contributed by atoms with Crippen molar-refractivity contribution in [1.82, 2.24) is 0 Å². The Labute approximate surface area is 75.3 Å². The van der Waals surface area contributed by atoms with Gasteiger partial charge < -0.3 is 15.6 Å². The zero-order valence-electron chi connectivity index (χ0n) is 6.23. The Balaban J connectivity index is 0.00000121. The van der Waals surface area contributed by atoms with E-state index in [9.17, 15) is 9.59 Å². The molecule has 1 aliphatic rings. The first-order valence-corrected chi connectivity index (χ1v) is 3.29. The second-order valence-corrected chi connectivity index (χ2v) is 2.43. The van der Waals surface area contributed by atoms with Gasteiger partial charge in [0.2, 0.25) is 5.91 Å². The molecule has 0 spiro atoms. The summed E-state index contributed by atoms with van der Waals surface area (Å²) in [6.07, 6.45) is -0.793. The van der Waals surface area contributed by atoms with E-state index < -0.39 is 24.1 Å². The van der Waals surface area contributed by atoms with Crippen LogP contribution in [0.1, 0.15) is 12.8 Å². The lowest BCUT2D eigenvalue weighted by molar-refractivity contribution is -0.151. The maximum atomic E-state index is 10.5. The summed E-state index contributed by atoms with van der Waals surface area (Å²) in [5.74, 6) is -1.62. The van der Waals surface area contributed by atoms with Crippen LogP contribution in [-0.4, -0.2) is 29.2 Å². The van der Waals surface area contributed by atoms with Crippen LogP contribution < -0.4 is 5.73 Å². The summed E-state index contributed by atoms with van der Waals surface area (Å²) in [4.78, 5) is 20.8. The van der Waals surface area contributed by atoms with E-state index in [1.54, 1.807) is 0 Å². The average Bonchev–Trinajstić information content (AvgIpc) is 2.33. The molecule has 1 rings (SSSR count). The number of carbonyl (C=O) groups is 2. The summed E-state index contributed by atoms with van der Waals surface area (Å²) in [7, 11) is 0. The highest BCUT2D eigenvalue weighted by Crippen LogP contribution is 2.19. The first-order chi connectivity index (χ1) is 5.11. The van der Waals surface area contributed by atoms with E-state index in [4.69, 9.17) is 15.6 Å². The molecule has 0 saturated carbocycles. The highest BCUT2D eigenvalue weighted by atomic mass is 35.5. The van der Waals surface area contributed by atoms with Crippen LogP contribution in [0.15, 0.2) is 0 Å². The topological polar surface area (TPSA) is 89.6 Å². The standard InChI is InChI=1S/C6H9NO4.ClH/c7-5(8)3-1-2-4(11-3)6(9)10;/h3-4H,1-2H2,(H2,7,8)(H,9,10);1H/t3-,4+;/m1./s1. The number of aliphatic carboxylic acids is 1. The number of ether oxygens (including phenoxy) is 1. The number of amides is 1. The van der Waals surface area contributed by atoms with Crippen molar-refractivity contribution in [3.05, 3.63) is 0 Å². The zero-order chi connectivity index (χ0) is 8.43. The number of halogens is 1. The summed E-state index contributed by atoms with van der Waals surface area (Å²) >= 11 is 0. The number of nitrogens with two attached hydrogens (primary N) is 1. The van der Waals surface area contributed by atoms with Crippen LogP contribution in [0, 0.1) is 0 Å². The van der Waals surface area contributed by atoms with Crippen LogP contribution >= 0.6 is 12.4 Å². The van der Waals surface area contributed by atoms with Crippen LogP contribution in [0.3, 0.4) is 0 Å². The molecule has 0 aromatic rings. The third-order valence-electron chi connectivity index (χ3n) is 1.61. The Kier molecular flexibility index (Phi) is 3.99. The van der Waals surface area contributed by atoms with Crippen molar-refractivity contribution in [3.63, 3.8) is 0 Å². The number of primary amides is 1. The fraction of sp³-hybridized carbons (Fsp3) is 0.667. The molecule has 0 bridgehead atoms. The first-order valence-electron chi connectivity index (χ1n) is 3.29. The number of hydrogen-bond acceptors (Lipinski definition) is 3. The third-order valence-corrected chi connectivity index (χ3v) is 1.61. The molecule has 0 aliphatic carbocycles. The molecule has 6 heteroatoms. The van der Waals surface area contributed by atoms with Gasteiger partial charge in [0, 0.05) is 0 Å².